The van der Waals surface area contributed by atoms with Gasteiger partial charge in [-0.2, -0.15) is 0 Å². The molecule has 0 atom stereocenters. The molecule has 4 nitrogen and oxygen atoms in total. The topological polar surface area (TPSA) is 55.4 Å². The van der Waals surface area contributed by atoms with Crippen LogP contribution < -0.4 is 5.32 Å². The fraction of sp³-hybridized carbons (Fsp3) is 0.250. The van der Waals surface area contributed by atoms with Crippen molar-refractivity contribution in [3.05, 3.63) is 50.4 Å². The number of halogens is 2. The van der Waals surface area contributed by atoms with E-state index in [0.717, 1.165) is 22.9 Å². The fourth-order valence-corrected chi connectivity index (χ4v) is 3.13. The van der Waals surface area contributed by atoms with Crippen LogP contribution in [0.15, 0.2) is 24.3 Å². The highest BCUT2D eigenvalue weighted by molar-refractivity contribution is 7.14. The largest absolute Gasteiger partial charge is 0.451 e. The van der Waals surface area contributed by atoms with Crippen molar-refractivity contribution in [3.63, 3.8) is 0 Å². The number of carbonyl (C=O) groups excluding carboxylic acids is 2. The summed E-state index contributed by atoms with van der Waals surface area (Å²) in [7, 11) is 0. The molecule has 1 amide bonds. The molecule has 0 saturated heterocycles. The van der Waals surface area contributed by atoms with Gasteiger partial charge in [-0.1, -0.05) is 18.5 Å². The third-order valence-corrected chi connectivity index (χ3v) is 4.73. The minimum absolute atomic E-state index is 0.0963. The Bertz CT molecular complexity index is 745. The van der Waals surface area contributed by atoms with Crippen molar-refractivity contribution in [3.8, 4) is 0 Å². The SMILES string of the molecule is CCc1sc(C(=O)OCC(=O)Nc2ccc(F)c(Cl)c2)cc1C. The van der Waals surface area contributed by atoms with E-state index in [1.54, 1.807) is 6.07 Å². The number of hydrogen-bond donors (Lipinski definition) is 1. The van der Waals surface area contributed by atoms with Crippen LogP contribution in [-0.4, -0.2) is 18.5 Å². The van der Waals surface area contributed by atoms with E-state index in [1.807, 2.05) is 13.8 Å². The van der Waals surface area contributed by atoms with Gasteiger partial charge in [0.2, 0.25) is 0 Å². The zero-order chi connectivity index (χ0) is 17.0. The summed E-state index contributed by atoms with van der Waals surface area (Å²) in [5.74, 6) is -1.63. The normalized spacial score (nSPS) is 10.4. The summed E-state index contributed by atoms with van der Waals surface area (Å²) < 4.78 is 18.0. The van der Waals surface area contributed by atoms with E-state index in [1.165, 1.54) is 23.5 Å². The summed E-state index contributed by atoms with van der Waals surface area (Å²) >= 11 is 6.99. The van der Waals surface area contributed by atoms with Gasteiger partial charge in [-0.05, 0) is 43.2 Å². The van der Waals surface area contributed by atoms with Gasteiger partial charge in [0.25, 0.3) is 5.91 Å². The molecule has 0 radical (unpaired) electrons. The molecule has 0 aliphatic carbocycles. The third-order valence-electron chi connectivity index (χ3n) is 3.08. The minimum Gasteiger partial charge on any atom is -0.451 e. The predicted molar refractivity (Wildman–Crippen MR) is 88.8 cm³/mol. The van der Waals surface area contributed by atoms with Gasteiger partial charge in [-0.25, -0.2) is 9.18 Å². The number of thiophene rings is 1. The highest BCUT2D eigenvalue weighted by Crippen LogP contribution is 2.23. The Balaban J connectivity index is 1.90. The minimum atomic E-state index is -0.573. The zero-order valence-corrected chi connectivity index (χ0v) is 14.2. The average molecular weight is 356 g/mol. The number of anilines is 1. The van der Waals surface area contributed by atoms with Crippen LogP contribution in [0.2, 0.25) is 5.02 Å². The lowest BCUT2D eigenvalue weighted by Crippen LogP contribution is -2.20. The molecule has 0 spiro atoms. The van der Waals surface area contributed by atoms with Gasteiger partial charge >= 0.3 is 5.97 Å². The van der Waals surface area contributed by atoms with Gasteiger partial charge in [0.15, 0.2) is 6.61 Å². The molecule has 0 fully saturated rings. The number of rotatable bonds is 5. The first-order chi connectivity index (χ1) is 10.9. The maximum absolute atomic E-state index is 13.0. The molecule has 2 rings (SSSR count). The van der Waals surface area contributed by atoms with Crippen LogP contribution in [0.4, 0.5) is 10.1 Å². The first-order valence-corrected chi connectivity index (χ1v) is 8.11. The molecule has 0 aliphatic heterocycles. The van der Waals surface area contributed by atoms with Crippen LogP contribution in [-0.2, 0) is 16.0 Å². The number of aryl methyl sites for hydroxylation is 2. The summed E-state index contributed by atoms with van der Waals surface area (Å²) in [6.07, 6.45) is 0.843. The molecule has 2 aromatic rings. The van der Waals surface area contributed by atoms with Crippen molar-refractivity contribution < 1.29 is 18.7 Å². The van der Waals surface area contributed by atoms with Crippen LogP contribution in [0.25, 0.3) is 0 Å². The highest BCUT2D eigenvalue weighted by Gasteiger charge is 2.15. The second kappa shape index (κ2) is 7.57. The van der Waals surface area contributed by atoms with E-state index in [9.17, 15) is 14.0 Å². The molecular formula is C16H15ClFNO3S. The van der Waals surface area contributed by atoms with E-state index in [-0.39, 0.29) is 5.02 Å². The molecule has 1 aromatic heterocycles. The summed E-state index contributed by atoms with van der Waals surface area (Å²) in [5.41, 5.74) is 1.37. The first-order valence-electron chi connectivity index (χ1n) is 6.92. The monoisotopic (exact) mass is 355 g/mol. The van der Waals surface area contributed by atoms with E-state index in [0.29, 0.717) is 10.6 Å². The average Bonchev–Trinajstić information content (AvgIpc) is 2.89. The molecule has 0 bridgehead atoms. The molecule has 1 heterocycles. The maximum Gasteiger partial charge on any atom is 0.348 e. The Kier molecular flexibility index (Phi) is 5.74. The Labute approximate surface area is 142 Å². The molecule has 0 unspecified atom stereocenters. The van der Waals surface area contributed by atoms with Crippen molar-refractivity contribution in [2.45, 2.75) is 20.3 Å². The van der Waals surface area contributed by atoms with Crippen molar-refractivity contribution in [1.82, 2.24) is 0 Å². The van der Waals surface area contributed by atoms with Gasteiger partial charge < -0.3 is 10.1 Å². The maximum atomic E-state index is 13.0. The molecule has 0 aliphatic rings. The lowest BCUT2D eigenvalue weighted by molar-refractivity contribution is -0.119. The number of carbonyl (C=O) groups is 2. The molecule has 1 aromatic carbocycles. The van der Waals surface area contributed by atoms with Gasteiger partial charge in [0, 0.05) is 10.6 Å². The fourth-order valence-electron chi connectivity index (χ4n) is 1.94. The van der Waals surface area contributed by atoms with Crippen LogP contribution in [0.1, 0.15) is 27.0 Å². The summed E-state index contributed by atoms with van der Waals surface area (Å²) in [5, 5.41) is 2.38. The van der Waals surface area contributed by atoms with Gasteiger partial charge in [0.1, 0.15) is 10.7 Å². The highest BCUT2D eigenvalue weighted by atomic mass is 35.5. The van der Waals surface area contributed by atoms with Gasteiger partial charge in [-0.3, -0.25) is 4.79 Å². The Hall–Kier alpha value is -1.92. The number of benzene rings is 1. The van der Waals surface area contributed by atoms with Crippen molar-refractivity contribution >= 4 is 40.5 Å². The van der Waals surface area contributed by atoms with E-state index < -0.39 is 24.3 Å². The number of ether oxygens (including phenoxy) is 1. The number of hydrogen-bond acceptors (Lipinski definition) is 4. The van der Waals surface area contributed by atoms with Crippen LogP contribution >= 0.6 is 22.9 Å². The molecular weight excluding hydrogens is 341 g/mol. The summed E-state index contributed by atoms with van der Waals surface area (Å²) in [6, 6.07) is 5.55. The molecule has 0 saturated carbocycles. The third kappa shape index (κ3) is 4.53. The Morgan fingerprint density at radius 1 is 1.35 bits per heavy atom. The first kappa shape index (κ1) is 17.4. The molecule has 7 heteroatoms. The quantitative estimate of drug-likeness (QED) is 0.817. The molecule has 1 N–H and O–H groups in total. The molecule has 23 heavy (non-hydrogen) atoms. The standard InChI is InChI=1S/C16H15ClFNO3S/c1-3-13-9(2)6-14(23-13)16(21)22-8-15(20)19-10-4-5-12(18)11(17)7-10/h4-7H,3,8H2,1-2H3,(H,19,20). The second-order valence-electron chi connectivity index (χ2n) is 4.82. The van der Waals surface area contributed by atoms with Crippen LogP contribution in [0, 0.1) is 12.7 Å². The zero-order valence-electron chi connectivity index (χ0n) is 12.6. The number of esters is 1. The van der Waals surface area contributed by atoms with Crippen LogP contribution in [0.5, 0.6) is 0 Å². The summed E-state index contributed by atoms with van der Waals surface area (Å²) in [6.45, 7) is 3.51. The Morgan fingerprint density at radius 2 is 2.09 bits per heavy atom. The number of nitrogens with one attached hydrogen (secondary N) is 1. The second-order valence-corrected chi connectivity index (χ2v) is 6.37. The van der Waals surface area contributed by atoms with E-state index in [2.05, 4.69) is 5.32 Å². The van der Waals surface area contributed by atoms with E-state index >= 15 is 0 Å². The van der Waals surface area contributed by atoms with E-state index in [4.69, 9.17) is 16.3 Å². The van der Waals surface area contributed by atoms with Crippen molar-refractivity contribution in [1.29, 1.82) is 0 Å². The Morgan fingerprint density at radius 3 is 2.70 bits per heavy atom. The predicted octanol–water partition coefficient (Wildman–Crippen LogP) is 4.21. The van der Waals surface area contributed by atoms with Crippen molar-refractivity contribution in [2.75, 3.05) is 11.9 Å². The summed E-state index contributed by atoms with van der Waals surface area (Å²) in [4.78, 5) is 25.3. The van der Waals surface area contributed by atoms with Gasteiger partial charge in [0.05, 0.1) is 5.02 Å². The number of amides is 1. The van der Waals surface area contributed by atoms with Gasteiger partial charge in [-0.15, -0.1) is 11.3 Å². The smallest absolute Gasteiger partial charge is 0.348 e. The van der Waals surface area contributed by atoms with Crippen molar-refractivity contribution in [2.24, 2.45) is 0 Å². The lowest BCUT2D eigenvalue weighted by atomic mass is 10.2. The lowest BCUT2D eigenvalue weighted by Gasteiger charge is -2.06. The molecule has 122 valence electrons. The van der Waals surface area contributed by atoms with Crippen LogP contribution in [0.3, 0.4) is 0 Å².